The van der Waals surface area contributed by atoms with Crippen LogP contribution in [0.4, 0.5) is 5.69 Å². The number of carbonyl (C=O) groups excluding carboxylic acids is 2. The van der Waals surface area contributed by atoms with Gasteiger partial charge in [-0.05, 0) is 18.2 Å². The third-order valence-electron chi connectivity index (χ3n) is 2.92. The largest absolute Gasteiger partial charge is 0.370 e. The van der Waals surface area contributed by atoms with Gasteiger partial charge >= 0.3 is 0 Å². The van der Waals surface area contributed by atoms with E-state index in [0.29, 0.717) is 24.7 Å². The van der Waals surface area contributed by atoms with Gasteiger partial charge in [0.15, 0.2) is 5.96 Å². The van der Waals surface area contributed by atoms with E-state index in [0.717, 1.165) is 0 Å². The van der Waals surface area contributed by atoms with Crippen LogP contribution in [0.15, 0.2) is 23.2 Å². The summed E-state index contributed by atoms with van der Waals surface area (Å²) in [5.74, 6) is -1.43. The molecule has 6 N–H and O–H groups in total. The Balaban J connectivity index is 0.00000264. The fourth-order valence-corrected chi connectivity index (χ4v) is 2.10. The first-order chi connectivity index (χ1) is 10.5. The number of aliphatic imine (C=N–C) groups is 1. The summed E-state index contributed by atoms with van der Waals surface area (Å²) in [6.07, 6.45) is -0.629. The molecule has 8 nitrogen and oxygen atoms in total. The van der Waals surface area contributed by atoms with Gasteiger partial charge in [0.25, 0.3) is 11.8 Å². The van der Waals surface area contributed by atoms with Crippen LogP contribution in [0.1, 0.15) is 10.4 Å². The van der Waals surface area contributed by atoms with Crippen LogP contribution in [0, 0.1) is 0 Å². The summed E-state index contributed by atoms with van der Waals surface area (Å²) >= 11 is 5.87. The van der Waals surface area contributed by atoms with E-state index in [4.69, 9.17) is 27.8 Å². The van der Waals surface area contributed by atoms with Crippen molar-refractivity contribution in [2.45, 2.75) is 6.10 Å². The molecule has 0 bridgehead atoms. The topological polar surface area (TPSA) is 132 Å². The fraction of sp³-hybridized carbons (Fsp3) is 0.308. The molecule has 126 valence electrons. The van der Waals surface area contributed by atoms with Crippen LogP contribution < -0.4 is 22.1 Å². The monoisotopic (exact) mass is 361 g/mol. The number of nitrogens with one attached hydrogen (secondary N) is 2. The SMILES string of the molecule is Cl.NC(N)=NC(=O)c1cc(Cl)ccc1NC(=O)C1CNCCO1. The zero-order valence-corrected chi connectivity index (χ0v) is 13.6. The number of nitrogens with two attached hydrogens (primary N) is 2. The Morgan fingerprint density at radius 1 is 1.39 bits per heavy atom. The van der Waals surface area contributed by atoms with Gasteiger partial charge < -0.3 is 26.8 Å². The lowest BCUT2D eigenvalue weighted by molar-refractivity contribution is -0.128. The molecule has 2 amide bonds. The van der Waals surface area contributed by atoms with Crippen LogP contribution in [0.2, 0.25) is 5.02 Å². The molecule has 1 aliphatic rings. The van der Waals surface area contributed by atoms with Crippen LogP contribution in [0.25, 0.3) is 0 Å². The van der Waals surface area contributed by atoms with Crippen LogP contribution >= 0.6 is 24.0 Å². The maximum absolute atomic E-state index is 12.1. The highest BCUT2D eigenvalue weighted by Gasteiger charge is 2.23. The predicted molar refractivity (Wildman–Crippen MR) is 90.1 cm³/mol. The molecule has 2 rings (SSSR count). The molecule has 0 spiro atoms. The quantitative estimate of drug-likeness (QED) is 0.446. The van der Waals surface area contributed by atoms with Crippen molar-refractivity contribution in [1.82, 2.24) is 5.32 Å². The van der Waals surface area contributed by atoms with Crippen molar-refractivity contribution in [3.8, 4) is 0 Å². The molecule has 0 aromatic heterocycles. The summed E-state index contributed by atoms with van der Waals surface area (Å²) in [7, 11) is 0. The Morgan fingerprint density at radius 2 is 2.13 bits per heavy atom. The van der Waals surface area contributed by atoms with E-state index in [1.807, 2.05) is 0 Å². The molecule has 0 saturated carbocycles. The van der Waals surface area contributed by atoms with Crippen molar-refractivity contribution in [2.75, 3.05) is 25.0 Å². The zero-order chi connectivity index (χ0) is 16.1. The van der Waals surface area contributed by atoms with Crippen molar-refractivity contribution in [2.24, 2.45) is 16.5 Å². The number of anilines is 1. The number of halogens is 2. The molecule has 0 radical (unpaired) electrons. The second-order valence-electron chi connectivity index (χ2n) is 4.58. The third kappa shape index (κ3) is 5.36. The lowest BCUT2D eigenvalue weighted by Crippen LogP contribution is -2.45. The van der Waals surface area contributed by atoms with Gasteiger partial charge in [0.2, 0.25) is 0 Å². The Kier molecular flexibility index (Phi) is 7.24. The van der Waals surface area contributed by atoms with Gasteiger partial charge in [-0.25, -0.2) is 0 Å². The van der Waals surface area contributed by atoms with Gasteiger partial charge in [0, 0.05) is 18.1 Å². The van der Waals surface area contributed by atoms with Crippen LogP contribution in [0.5, 0.6) is 0 Å². The molecule has 23 heavy (non-hydrogen) atoms. The molecule has 0 aliphatic carbocycles. The summed E-state index contributed by atoms with van der Waals surface area (Å²) in [4.78, 5) is 27.6. The maximum Gasteiger partial charge on any atom is 0.282 e. The molecular formula is C13H17Cl2N5O3. The lowest BCUT2D eigenvalue weighted by atomic mass is 10.1. The summed E-state index contributed by atoms with van der Waals surface area (Å²) in [6.45, 7) is 1.54. The summed E-state index contributed by atoms with van der Waals surface area (Å²) in [6, 6.07) is 4.43. The van der Waals surface area contributed by atoms with E-state index in [1.54, 1.807) is 6.07 Å². The van der Waals surface area contributed by atoms with Gasteiger partial charge in [-0.15, -0.1) is 12.4 Å². The number of rotatable bonds is 3. The molecule has 1 aliphatic heterocycles. The van der Waals surface area contributed by atoms with Crippen molar-refractivity contribution in [3.05, 3.63) is 28.8 Å². The van der Waals surface area contributed by atoms with E-state index < -0.39 is 12.0 Å². The van der Waals surface area contributed by atoms with Gasteiger partial charge in [-0.2, -0.15) is 4.99 Å². The predicted octanol–water partition coefficient (Wildman–Crippen LogP) is 0.102. The highest BCUT2D eigenvalue weighted by Crippen LogP contribution is 2.22. The number of carbonyl (C=O) groups is 2. The smallest absolute Gasteiger partial charge is 0.282 e. The zero-order valence-electron chi connectivity index (χ0n) is 12.0. The average molecular weight is 362 g/mol. The van der Waals surface area contributed by atoms with Gasteiger partial charge in [0.1, 0.15) is 6.10 Å². The Labute approximate surface area is 144 Å². The number of amides is 2. The molecule has 1 fully saturated rings. The van der Waals surface area contributed by atoms with E-state index in [1.165, 1.54) is 12.1 Å². The van der Waals surface area contributed by atoms with E-state index >= 15 is 0 Å². The van der Waals surface area contributed by atoms with Crippen molar-refractivity contribution < 1.29 is 14.3 Å². The van der Waals surface area contributed by atoms with Crippen molar-refractivity contribution in [1.29, 1.82) is 0 Å². The Morgan fingerprint density at radius 3 is 2.74 bits per heavy atom. The van der Waals surface area contributed by atoms with Crippen LogP contribution in [-0.4, -0.2) is 43.6 Å². The first kappa shape index (κ1) is 19.2. The third-order valence-corrected chi connectivity index (χ3v) is 3.16. The first-order valence-electron chi connectivity index (χ1n) is 6.54. The number of hydrogen-bond donors (Lipinski definition) is 4. The number of hydrogen-bond acceptors (Lipinski definition) is 4. The standard InChI is InChI=1S/C13H16ClN5O3.ClH/c14-7-1-2-9(8(5-7)11(20)19-13(15)16)18-12(21)10-6-17-3-4-22-10;/h1-2,5,10,17H,3-4,6H2,(H,18,21)(H4,15,16,19,20);1H. The lowest BCUT2D eigenvalue weighted by Gasteiger charge is -2.23. The number of guanidine groups is 1. The van der Waals surface area contributed by atoms with E-state index in [-0.39, 0.29) is 35.5 Å². The summed E-state index contributed by atoms with van der Waals surface area (Å²) in [5.41, 5.74) is 10.7. The number of ether oxygens (including phenoxy) is 1. The highest BCUT2D eigenvalue weighted by molar-refractivity contribution is 6.31. The number of nitrogens with zero attached hydrogens (tertiary/aromatic N) is 1. The summed E-state index contributed by atoms with van der Waals surface area (Å²) < 4.78 is 5.35. The Bertz CT molecular complexity index is 614. The molecule has 1 saturated heterocycles. The number of benzene rings is 1. The minimum absolute atomic E-state index is 0. The fourth-order valence-electron chi connectivity index (χ4n) is 1.93. The molecule has 1 aromatic rings. The maximum atomic E-state index is 12.1. The van der Waals surface area contributed by atoms with E-state index in [9.17, 15) is 9.59 Å². The highest BCUT2D eigenvalue weighted by atomic mass is 35.5. The first-order valence-corrected chi connectivity index (χ1v) is 6.92. The molecule has 1 aromatic carbocycles. The molecule has 1 heterocycles. The minimum Gasteiger partial charge on any atom is -0.370 e. The van der Waals surface area contributed by atoms with Crippen molar-refractivity contribution in [3.63, 3.8) is 0 Å². The van der Waals surface area contributed by atoms with Crippen LogP contribution in [-0.2, 0) is 9.53 Å². The minimum atomic E-state index is -0.694. The van der Waals surface area contributed by atoms with Gasteiger partial charge in [-0.1, -0.05) is 11.6 Å². The molecule has 1 unspecified atom stereocenters. The van der Waals surface area contributed by atoms with Gasteiger partial charge in [-0.3, -0.25) is 9.59 Å². The second-order valence-corrected chi connectivity index (χ2v) is 5.02. The average Bonchev–Trinajstić information content (AvgIpc) is 2.49. The summed E-state index contributed by atoms with van der Waals surface area (Å²) in [5, 5.41) is 5.99. The Hall–Kier alpha value is -1.87. The van der Waals surface area contributed by atoms with Crippen LogP contribution in [0.3, 0.4) is 0 Å². The molecule has 10 heteroatoms. The number of morpholine rings is 1. The normalized spacial score (nSPS) is 16.8. The van der Waals surface area contributed by atoms with E-state index in [2.05, 4.69) is 15.6 Å². The molecular weight excluding hydrogens is 345 g/mol. The van der Waals surface area contributed by atoms with Gasteiger partial charge in [0.05, 0.1) is 17.9 Å². The molecule has 1 atom stereocenters. The van der Waals surface area contributed by atoms with Crippen molar-refractivity contribution >= 4 is 47.5 Å². The second kappa shape index (κ2) is 8.68.